The summed E-state index contributed by atoms with van der Waals surface area (Å²) in [6.07, 6.45) is 10.2. The highest BCUT2D eigenvalue weighted by Gasteiger charge is 2.14. The van der Waals surface area contributed by atoms with Gasteiger partial charge < -0.3 is 9.47 Å². The molecule has 1 aliphatic rings. The van der Waals surface area contributed by atoms with E-state index in [0.717, 1.165) is 38.9 Å². The summed E-state index contributed by atoms with van der Waals surface area (Å²) in [6, 6.07) is 0. The fourth-order valence-corrected chi connectivity index (χ4v) is 1.29. The van der Waals surface area contributed by atoms with Crippen LogP contribution in [0.3, 0.4) is 0 Å². The Balaban J connectivity index is 1.88. The highest BCUT2D eigenvalue weighted by atomic mass is 16.7. The zero-order valence-corrected chi connectivity index (χ0v) is 8.08. The summed E-state index contributed by atoms with van der Waals surface area (Å²) in [5.74, 6) is 0. The molecule has 13 heavy (non-hydrogen) atoms. The maximum absolute atomic E-state index is 5.50. The Morgan fingerprint density at radius 2 is 2.46 bits per heavy atom. The summed E-state index contributed by atoms with van der Waals surface area (Å²) in [4.78, 5) is 0. The van der Waals surface area contributed by atoms with Crippen molar-refractivity contribution in [3.63, 3.8) is 0 Å². The van der Waals surface area contributed by atoms with Gasteiger partial charge in [0.15, 0.2) is 6.29 Å². The molecule has 0 saturated carbocycles. The molecule has 0 N–H and O–H groups in total. The first-order valence-electron chi connectivity index (χ1n) is 4.94. The van der Waals surface area contributed by atoms with Crippen LogP contribution in [0.25, 0.3) is 0 Å². The average molecular weight is 182 g/mol. The van der Waals surface area contributed by atoms with Gasteiger partial charge in [0.2, 0.25) is 0 Å². The number of ether oxygens (including phenoxy) is 2. The third kappa shape index (κ3) is 4.86. The Morgan fingerprint density at radius 3 is 3.15 bits per heavy atom. The maximum Gasteiger partial charge on any atom is 0.157 e. The molecule has 2 nitrogen and oxygen atoms in total. The van der Waals surface area contributed by atoms with Crippen molar-refractivity contribution >= 4 is 0 Å². The summed E-state index contributed by atoms with van der Waals surface area (Å²) in [5, 5.41) is 0. The summed E-state index contributed by atoms with van der Waals surface area (Å²) < 4.78 is 10.8. The fourth-order valence-electron chi connectivity index (χ4n) is 1.29. The summed E-state index contributed by atoms with van der Waals surface area (Å²) >= 11 is 0. The standard InChI is InChI=1S/C11H18O2/c1-2-3-4-5-6-9-12-11-8-7-10-13-11/h2-4,11H,1,5-10H2/b4-3+. The Morgan fingerprint density at radius 1 is 1.54 bits per heavy atom. The Kier molecular flexibility index (Phi) is 5.54. The third-order valence-electron chi connectivity index (χ3n) is 1.98. The van der Waals surface area contributed by atoms with Crippen LogP contribution < -0.4 is 0 Å². The molecule has 0 amide bonds. The Labute approximate surface area is 80.2 Å². The van der Waals surface area contributed by atoms with E-state index in [2.05, 4.69) is 12.7 Å². The van der Waals surface area contributed by atoms with Gasteiger partial charge in [-0.15, -0.1) is 0 Å². The molecular formula is C11H18O2. The number of rotatable bonds is 6. The first-order valence-corrected chi connectivity index (χ1v) is 4.94. The fraction of sp³-hybridized carbons (Fsp3) is 0.636. The van der Waals surface area contributed by atoms with E-state index in [1.54, 1.807) is 6.08 Å². The average Bonchev–Trinajstić information content (AvgIpc) is 2.63. The zero-order chi connectivity index (χ0) is 9.36. The predicted molar refractivity (Wildman–Crippen MR) is 53.5 cm³/mol. The predicted octanol–water partition coefficient (Wildman–Crippen LogP) is 2.66. The summed E-state index contributed by atoms with van der Waals surface area (Å²) in [7, 11) is 0. The van der Waals surface area contributed by atoms with E-state index in [4.69, 9.17) is 9.47 Å². The van der Waals surface area contributed by atoms with Crippen LogP contribution in [0.2, 0.25) is 0 Å². The lowest BCUT2D eigenvalue weighted by Crippen LogP contribution is -2.10. The lowest BCUT2D eigenvalue weighted by Gasteiger charge is -2.09. The van der Waals surface area contributed by atoms with Crippen LogP contribution in [0.1, 0.15) is 25.7 Å². The van der Waals surface area contributed by atoms with E-state index in [-0.39, 0.29) is 6.29 Å². The minimum atomic E-state index is 0.0726. The van der Waals surface area contributed by atoms with Crippen molar-refractivity contribution < 1.29 is 9.47 Å². The molecule has 2 heteroatoms. The van der Waals surface area contributed by atoms with Gasteiger partial charge in [0, 0.05) is 13.0 Å². The molecule has 0 radical (unpaired) electrons. The molecule has 74 valence electrons. The van der Waals surface area contributed by atoms with Crippen molar-refractivity contribution in [3.8, 4) is 0 Å². The first kappa shape index (κ1) is 10.5. The van der Waals surface area contributed by atoms with Crippen molar-refractivity contribution in [2.75, 3.05) is 13.2 Å². The number of hydrogen-bond donors (Lipinski definition) is 0. The second-order valence-electron chi connectivity index (χ2n) is 3.12. The van der Waals surface area contributed by atoms with Crippen LogP contribution in [0.15, 0.2) is 24.8 Å². The van der Waals surface area contributed by atoms with Crippen LogP contribution in [0, 0.1) is 0 Å². The summed E-state index contributed by atoms with van der Waals surface area (Å²) in [6.45, 7) is 5.26. The van der Waals surface area contributed by atoms with E-state index in [1.807, 2.05) is 6.08 Å². The highest BCUT2D eigenvalue weighted by Crippen LogP contribution is 2.13. The molecule has 0 spiro atoms. The van der Waals surface area contributed by atoms with Gasteiger partial charge in [0.05, 0.1) is 6.61 Å². The van der Waals surface area contributed by atoms with Crippen LogP contribution in [-0.4, -0.2) is 19.5 Å². The molecule has 1 heterocycles. The molecule has 1 aliphatic heterocycles. The van der Waals surface area contributed by atoms with E-state index in [1.165, 1.54) is 0 Å². The van der Waals surface area contributed by atoms with E-state index < -0.39 is 0 Å². The molecule has 1 fully saturated rings. The quantitative estimate of drug-likeness (QED) is 0.464. The lowest BCUT2D eigenvalue weighted by atomic mass is 10.3. The number of unbranched alkanes of at least 4 members (excludes halogenated alkanes) is 1. The van der Waals surface area contributed by atoms with E-state index >= 15 is 0 Å². The molecule has 0 aliphatic carbocycles. The van der Waals surface area contributed by atoms with Gasteiger partial charge in [0.1, 0.15) is 0 Å². The molecule has 0 aromatic rings. The third-order valence-corrected chi connectivity index (χ3v) is 1.98. The van der Waals surface area contributed by atoms with Crippen molar-refractivity contribution in [2.45, 2.75) is 32.0 Å². The van der Waals surface area contributed by atoms with E-state index in [0.29, 0.717) is 0 Å². The lowest BCUT2D eigenvalue weighted by molar-refractivity contribution is -0.111. The SMILES string of the molecule is C=C/C=C/CCCOC1CCCO1. The van der Waals surface area contributed by atoms with Gasteiger partial charge in [-0.05, 0) is 19.3 Å². The second-order valence-corrected chi connectivity index (χ2v) is 3.12. The Bertz CT molecular complexity index is 157. The monoisotopic (exact) mass is 182 g/mol. The molecule has 0 aromatic carbocycles. The van der Waals surface area contributed by atoms with Crippen LogP contribution in [-0.2, 0) is 9.47 Å². The molecular weight excluding hydrogens is 164 g/mol. The maximum atomic E-state index is 5.50. The topological polar surface area (TPSA) is 18.5 Å². The van der Waals surface area contributed by atoms with Crippen LogP contribution >= 0.6 is 0 Å². The van der Waals surface area contributed by atoms with Gasteiger partial charge in [-0.1, -0.05) is 24.8 Å². The van der Waals surface area contributed by atoms with Crippen molar-refractivity contribution in [1.82, 2.24) is 0 Å². The molecule has 1 rings (SSSR count). The molecule has 0 aromatic heterocycles. The zero-order valence-electron chi connectivity index (χ0n) is 8.08. The van der Waals surface area contributed by atoms with Gasteiger partial charge in [-0.25, -0.2) is 0 Å². The normalized spacial score (nSPS) is 22.6. The molecule has 0 bridgehead atoms. The van der Waals surface area contributed by atoms with Crippen molar-refractivity contribution in [2.24, 2.45) is 0 Å². The minimum Gasteiger partial charge on any atom is -0.353 e. The molecule has 1 saturated heterocycles. The van der Waals surface area contributed by atoms with Gasteiger partial charge in [0.25, 0.3) is 0 Å². The minimum absolute atomic E-state index is 0.0726. The second kappa shape index (κ2) is 6.87. The molecule has 1 atom stereocenters. The number of hydrogen-bond acceptors (Lipinski definition) is 2. The van der Waals surface area contributed by atoms with Crippen molar-refractivity contribution in [1.29, 1.82) is 0 Å². The number of allylic oxidation sites excluding steroid dienone is 3. The smallest absolute Gasteiger partial charge is 0.157 e. The van der Waals surface area contributed by atoms with Gasteiger partial charge in [-0.2, -0.15) is 0 Å². The van der Waals surface area contributed by atoms with Crippen LogP contribution in [0.5, 0.6) is 0 Å². The van der Waals surface area contributed by atoms with E-state index in [9.17, 15) is 0 Å². The van der Waals surface area contributed by atoms with Crippen molar-refractivity contribution in [3.05, 3.63) is 24.8 Å². The molecule has 1 unspecified atom stereocenters. The summed E-state index contributed by atoms with van der Waals surface area (Å²) in [5.41, 5.74) is 0. The first-order chi connectivity index (χ1) is 6.43. The Hall–Kier alpha value is -0.600. The largest absolute Gasteiger partial charge is 0.353 e. The van der Waals surface area contributed by atoms with Gasteiger partial charge in [-0.3, -0.25) is 0 Å². The highest BCUT2D eigenvalue weighted by molar-refractivity contribution is 4.96. The van der Waals surface area contributed by atoms with Gasteiger partial charge >= 0.3 is 0 Å². The van der Waals surface area contributed by atoms with Crippen LogP contribution in [0.4, 0.5) is 0 Å².